The van der Waals surface area contributed by atoms with Crippen molar-refractivity contribution in [3.05, 3.63) is 18.3 Å². The molecule has 17 heavy (non-hydrogen) atoms. The second kappa shape index (κ2) is 3.95. The summed E-state index contributed by atoms with van der Waals surface area (Å²) in [5.74, 6) is 0.824. The lowest BCUT2D eigenvalue weighted by Crippen LogP contribution is -2.16. The minimum absolute atomic E-state index is 0.563. The second-order valence-corrected chi connectivity index (χ2v) is 5.16. The van der Waals surface area contributed by atoms with Gasteiger partial charge in [-0.05, 0) is 37.3 Å². The van der Waals surface area contributed by atoms with E-state index in [0.717, 1.165) is 28.2 Å². The van der Waals surface area contributed by atoms with Gasteiger partial charge in [0, 0.05) is 11.4 Å². The number of hydrogen-bond acceptors (Lipinski definition) is 3. The number of nitrogens with zero attached hydrogens (tertiary/aromatic N) is 1. The second-order valence-electron chi connectivity index (χ2n) is 5.16. The maximum atomic E-state index is 6.05. The van der Waals surface area contributed by atoms with Crippen LogP contribution in [0.15, 0.2) is 18.3 Å². The maximum Gasteiger partial charge on any atom is 0.0672 e. The van der Waals surface area contributed by atoms with E-state index < -0.39 is 0 Å². The molecule has 0 spiro atoms. The molecule has 2 aromatic rings. The number of nitrogens with two attached hydrogens (primary N) is 1. The first-order chi connectivity index (χ1) is 8.22. The zero-order valence-corrected chi connectivity index (χ0v) is 10.0. The van der Waals surface area contributed by atoms with Crippen LogP contribution in [0.25, 0.3) is 10.9 Å². The van der Waals surface area contributed by atoms with Crippen LogP contribution >= 0.6 is 0 Å². The van der Waals surface area contributed by atoms with Gasteiger partial charge in [-0.2, -0.15) is 5.10 Å². The molecule has 0 amide bonds. The van der Waals surface area contributed by atoms with E-state index in [1.807, 2.05) is 6.07 Å². The third kappa shape index (κ3) is 1.95. The molecule has 4 heteroatoms. The first kappa shape index (κ1) is 10.4. The Hall–Kier alpha value is -1.71. The summed E-state index contributed by atoms with van der Waals surface area (Å²) in [6.07, 6.45) is 5.58. The summed E-state index contributed by atoms with van der Waals surface area (Å²) >= 11 is 0. The van der Waals surface area contributed by atoms with Crippen molar-refractivity contribution in [2.75, 3.05) is 11.1 Å². The van der Waals surface area contributed by atoms with E-state index in [1.54, 1.807) is 6.20 Å². The monoisotopic (exact) mass is 230 g/mol. The summed E-state index contributed by atoms with van der Waals surface area (Å²) in [5.41, 5.74) is 8.92. The molecule has 3 rings (SSSR count). The van der Waals surface area contributed by atoms with Crippen molar-refractivity contribution in [2.24, 2.45) is 5.92 Å². The highest BCUT2D eigenvalue weighted by molar-refractivity contribution is 5.88. The van der Waals surface area contributed by atoms with Gasteiger partial charge in [-0.25, -0.2) is 0 Å². The fourth-order valence-electron chi connectivity index (χ4n) is 2.69. The Morgan fingerprint density at radius 3 is 3.06 bits per heavy atom. The molecule has 0 aliphatic heterocycles. The first-order valence-electron chi connectivity index (χ1n) is 6.21. The van der Waals surface area contributed by atoms with Crippen LogP contribution in [0.2, 0.25) is 0 Å². The van der Waals surface area contributed by atoms with Gasteiger partial charge in [0.2, 0.25) is 0 Å². The highest BCUT2D eigenvalue weighted by Gasteiger charge is 2.21. The summed E-state index contributed by atoms with van der Waals surface area (Å²) in [6.45, 7) is 2.31. The van der Waals surface area contributed by atoms with E-state index >= 15 is 0 Å². The fraction of sp³-hybridized carbons (Fsp3) is 0.462. The summed E-state index contributed by atoms with van der Waals surface area (Å²) in [7, 11) is 0. The number of rotatable bonds is 2. The number of H-pyrrole nitrogens is 1. The Bertz CT molecular complexity index is 531. The molecule has 0 radical (unpaired) electrons. The summed E-state index contributed by atoms with van der Waals surface area (Å²) in [4.78, 5) is 0. The Morgan fingerprint density at radius 2 is 2.29 bits per heavy atom. The zero-order chi connectivity index (χ0) is 11.8. The van der Waals surface area contributed by atoms with Gasteiger partial charge >= 0.3 is 0 Å². The van der Waals surface area contributed by atoms with Crippen LogP contribution in [0, 0.1) is 5.92 Å². The van der Waals surface area contributed by atoms with Crippen molar-refractivity contribution in [3.63, 3.8) is 0 Å². The fourth-order valence-corrected chi connectivity index (χ4v) is 2.69. The first-order valence-corrected chi connectivity index (χ1v) is 6.21. The molecular weight excluding hydrogens is 212 g/mol. The molecule has 4 N–H and O–H groups in total. The van der Waals surface area contributed by atoms with Crippen LogP contribution in [0.5, 0.6) is 0 Å². The zero-order valence-electron chi connectivity index (χ0n) is 10.0. The third-order valence-corrected chi connectivity index (χ3v) is 3.66. The van der Waals surface area contributed by atoms with Crippen LogP contribution < -0.4 is 11.1 Å². The average Bonchev–Trinajstić information content (AvgIpc) is 2.88. The number of nitrogen functional groups attached to an aromatic ring is 1. The van der Waals surface area contributed by atoms with E-state index in [0.29, 0.717) is 6.04 Å². The van der Waals surface area contributed by atoms with Crippen molar-refractivity contribution in [1.29, 1.82) is 0 Å². The van der Waals surface area contributed by atoms with Gasteiger partial charge < -0.3 is 11.1 Å². The van der Waals surface area contributed by atoms with Crippen molar-refractivity contribution in [1.82, 2.24) is 10.2 Å². The summed E-state index contributed by atoms with van der Waals surface area (Å²) in [6, 6.07) is 4.59. The standard InChI is InChI=1S/C13H18N4/c1-8-2-3-10(4-8)16-13-6-12-9(5-11(13)14)7-15-17-12/h5-8,10,16H,2-4,14H2,1H3,(H,15,17). The number of fused-ring (bicyclic) bond motifs is 1. The van der Waals surface area contributed by atoms with Crippen LogP contribution in [-0.4, -0.2) is 16.2 Å². The Morgan fingerprint density at radius 1 is 1.41 bits per heavy atom. The van der Waals surface area contributed by atoms with Crippen molar-refractivity contribution in [3.8, 4) is 0 Å². The SMILES string of the molecule is CC1CCC(Nc2cc3[nH]ncc3cc2N)C1. The van der Waals surface area contributed by atoms with Gasteiger partial charge in [0.05, 0.1) is 23.1 Å². The van der Waals surface area contributed by atoms with Crippen LogP contribution in [0.1, 0.15) is 26.2 Å². The van der Waals surface area contributed by atoms with E-state index in [-0.39, 0.29) is 0 Å². The van der Waals surface area contributed by atoms with Gasteiger partial charge in [0.15, 0.2) is 0 Å². The predicted molar refractivity (Wildman–Crippen MR) is 70.9 cm³/mol. The topological polar surface area (TPSA) is 66.7 Å². The molecule has 1 aromatic carbocycles. The van der Waals surface area contributed by atoms with Crippen molar-refractivity contribution >= 4 is 22.3 Å². The van der Waals surface area contributed by atoms with Gasteiger partial charge in [-0.1, -0.05) is 6.92 Å². The van der Waals surface area contributed by atoms with E-state index in [1.165, 1.54) is 19.3 Å². The maximum absolute atomic E-state index is 6.05. The molecule has 1 saturated carbocycles. The van der Waals surface area contributed by atoms with Gasteiger partial charge in [-0.3, -0.25) is 5.10 Å². The average molecular weight is 230 g/mol. The number of anilines is 2. The van der Waals surface area contributed by atoms with Crippen molar-refractivity contribution < 1.29 is 0 Å². The molecule has 0 saturated heterocycles. The van der Waals surface area contributed by atoms with E-state index in [9.17, 15) is 0 Å². The lowest BCUT2D eigenvalue weighted by Gasteiger charge is -2.15. The third-order valence-electron chi connectivity index (χ3n) is 3.66. The Balaban J connectivity index is 1.86. The molecule has 1 heterocycles. The lowest BCUT2D eigenvalue weighted by atomic mass is 10.1. The molecule has 1 aliphatic carbocycles. The highest BCUT2D eigenvalue weighted by Crippen LogP contribution is 2.31. The van der Waals surface area contributed by atoms with Gasteiger partial charge in [-0.15, -0.1) is 0 Å². The van der Waals surface area contributed by atoms with E-state index in [4.69, 9.17) is 5.73 Å². The van der Waals surface area contributed by atoms with E-state index in [2.05, 4.69) is 28.5 Å². The van der Waals surface area contributed by atoms with Crippen LogP contribution in [0.3, 0.4) is 0 Å². The Kier molecular flexibility index (Phi) is 2.42. The minimum atomic E-state index is 0.563. The molecule has 90 valence electrons. The lowest BCUT2D eigenvalue weighted by molar-refractivity contribution is 0.603. The molecule has 2 unspecified atom stereocenters. The molecule has 4 nitrogen and oxygen atoms in total. The van der Waals surface area contributed by atoms with Gasteiger partial charge in [0.1, 0.15) is 0 Å². The predicted octanol–water partition coefficient (Wildman–Crippen LogP) is 2.75. The molecule has 1 fully saturated rings. The van der Waals surface area contributed by atoms with Crippen molar-refractivity contribution in [2.45, 2.75) is 32.2 Å². The quantitative estimate of drug-likeness (QED) is 0.695. The molecule has 1 aliphatic rings. The summed E-state index contributed by atoms with van der Waals surface area (Å²) < 4.78 is 0. The number of benzene rings is 1. The number of aromatic amines is 1. The van der Waals surface area contributed by atoms with Crippen LogP contribution in [-0.2, 0) is 0 Å². The highest BCUT2D eigenvalue weighted by atomic mass is 15.1. The number of hydrogen-bond donors (Lipinski definition) is 3. The number of nitrogens with one attached hydrogen (secondary N) is 2. The number of aromatic nitrogens is 2. The molecule has 0 bridgehead atoms. The summed E-state index contributed by atoms with van der Waals surface area (Å²) in [5, 5.41) is 11.6. The largest absolute Gasteiger partial charge is 0.397 e. The minimum Gasteiger partial charge on any atom is -0.397 e. The van der Waals surface area contributed by atoms with Crippen LogP contribution in [0.4, 0.5) is 11.4 Å². The normalized spacial score (nSPS) is 24.3. The smallest absolute Gasteiger partial charge is 0.0672 e. The molecule has 1 aromatic heterocycles. The van der Waals surface area contributed by atoms with Gasteiger partial charge in [0.25, 0.3) is 0 Å². The Labute approximate surface area is 101 Å². The molecular formula is C13H18N4. The molecule has 2 atom stereocenters.